The minimum atomic E-state index is 0.126. The quantitative estimate of drug-likeness (QED) is 0.438. The summed E-state index contributed by atoms with van der Waals surface area (Å²) in [6.07, 6.45) is 7.47. The zero-order chi connectivity index (χ0) is 23.8. The second-order valence-electron chi connectivity index (χ2n) is 10.2. The summed E-state index contributed by atoms with van der Waals surface area (Å²) in [4.78, 5) is 24.9. The van der Waals surface area contributed by atoms with Gasteiger partial charge in [0.15, 0.2) is 0 Å². The van der Waals surface area contributed by atoms with Crippen LogP contribution in [0.5, 0.6) is 0 Å². The Bertz CT molecular complexity index is 1190. The Morgan fingerprint density at radius 3 is 2.57 bits per heavy atom. The van der Waals surface area contributed by atoms with Crippen molar-refractivity contribution in [1.29, 1.82) is 0 Å². The van der Waals surface area contributed by atoms with E-state index < -0.39 is 0 Å². The normalized spacial score (nSPS) is 27.8. The highest BCUT2D eigenvalue weighted by atomic mass is 16.2. The summed E-state index contributed by atoms with van der Waals surface area (Å²) in [6, 6.07) is 17.4. The first-order valence-electron chi connectivity index (χ1n) is 12.8. The molecule has 4 N–H and O–H groups in total. The van der Waals surface area contributed by atoms with E-state index in [1.54, 1.807) is 0 Å². The SMILES string of the molecule is CC1CC(Nc2cc3ncccc3c(NC3C[C@H]4CC[C@@H](C3)N4C(=O)Cc3ccccc3)n2)NN1. The molecule has 8 heteroatoms. The van der Waals surface area contributed by atoms with Gasteiger partial charge in [-0.1, -0.05) is 30.3 Å². The summed E-state index contributed by atoms with van der Waals surface area (Å²) in [5.41, 5.74) is 8.54. The fraction of sp³-hybridized carbons (Fsp3) is 0.444. The van der Waals surface area contributed by atoms with Crippen LogP contribution >= 0.6 is 0 Å². The van der Waals surface area contributed by atoms with Crippen molar-refractivity contribution in [2.45, 2.75) is 75.8 Å². The van der Waals surface area contributed by atoms with Gasteiger partial charge in [-0.15, -0.1) is 0 Å². The number of amides is 1. The minimum absolute atomic E-state index is 0.126. The van der Waals surface area contributed by atoms with Gasteiger partial charge >= 0.3 is 0 Å². The molecular weight excluding hydrogens is 438 g/mol. The second-order valence-corrected chi connectivity index (χ2v) is 10.2. The minimum Gasteiger partial charge on any atom is -0.367 e. The first-order chi connectivity index (χ1) is 17.1. The van der Waals surface area contributed by atoms with Gasteiger partial charge in [0, 0.05) is 41.8 Å². The van der Waals surface area contributed by atoms with Crippen LogP contribution in [-0.4, -0.2) is 51.1 Å². The molecule has 0 radical (unpaired) electrons. The van der Waals surface area contributed by atoms with Crippen molar-refractivity contribution in [3.63, 3.8) is 0 Å². The van der Waals surface area contributed by atoms with Crippen LogP contribution in [0.4, 0.5) is 11.6 Å². The summed E-state index contributed by atoms with van der Waals surface area (Å²) < 4.78 is 0. The number of anilines is 2. The Kier molecular flexibility index (Phi) is 6.00. The van der Waals surface area contributed by atoms with E-state index in [1.165, 1.54) is 0 Å². The molecule has 3 fully saturated rings. The van der Waals surface area contributed by atoms with Gasteiger partial charge in [0.05, 0.1) is 18.1 Å². The Morgan fingerprint density at radius 2 is 1.83 bits per heavy atom. The van der Waals surface area contributed by atoms with Gasteiger partial charge in [-0.3, -0.25) is 15.2 Å². The molecule has 6 rings (SSSR count). The topological polar surface area (TPSA) is 94.2 Å². The molecule has 8 nitrogen and oxygen atoms in total. The first kappa shape index (κ1) is 22.2. The van der Waals surface area contributed by atoms with Crippen LogP contribution in [0.3, 0.4) is 0 Å². The molecular formula is C27H33N7O. The van der Waals surface area contributed by atoms with Crippen LogP contribution in [0.15, 0.2) is 54.7 Å². The number of rotatable bonds is 6. The number of fused-ring (bicyclic) bond motifs is 3. The van der Waals surface area contributed by atoms with Crippen molar-refractivity contribution in [1.82, 2.24) is 25.7 Å². The Morgan fingerprint density at radius 1 is 1.03 bits per heavy atom. The van der Waals surface area contributed by atoms with Crippen molar-refractivity contribution in [2.75, 3.05) is 10.6 Å². The second kappa shape index (κ2) is 9.43. The Hall–Kier alpha value is -3.23. The monoisotopic (exact) mass is 471 g/mol. The maximum atomic E-state index is 13.2. The number of benzene rings is 1. The van der Waals surface area contributed by atoms with Gasteiger partial charge in [0.1, 0.15) is 11.6 Å². The van der Waals surface area contributed by atoms with E-state index in [1.807, 2.05) is 48.7 Å². The maximum absolute atomic E-state index is 13.2. The molecule has 3 aromatic rings. The number of hydrogen-bond acceptors (Lipinski definition) is 7. The molecule has 182 valence electrons. The average molecular weight is 472 g/mol. The maximum Gasteiger partial charge on any atom is 0.227 e. The molecule has 0 saturated carbocycles. The summed E-state index contributed by atoms with van der Waals surface area (Å²) in [5.74, 6) is 1.93. The molecule has 1 amide bonds. The number of nitrogens with one attached hydrogen (secondary N) is 4. The van der Waals surface area contributed by atoms with Gasteiger partial charge in [-0.2, -0.15) is 0 Å². The van der Waals surface area contributed by atoms with Crippen molar-refractivity contribution < 1.29 is 4.79 Å². The number of hydrazine groups is 1. The van der Waals surface area contributed by atoms with Crippen LogP contribution in [0.1, 0.15) is 44.6 Å². The van der Waals surface area contributed by atoms with Gasteiger partial charge in [0.2, 0.25) is 5.91 Å². The first-order valence-corrected chi connectivity index (χ1v) is 12.8. The number of carbonyl (C=O) groups is 1. The molecule has 3 aliphatic heterocycles. The lowest BCUT2D eigenvalue weighted by Gasteiger charge is -2.39. The molecule has 5 heterocycles. The Balaban J connectivity index is 1.18. The average Bonchev–Trinajstić information content (AvgIpc) is 3.39. The molecule has 0 aliphatic carbocycles. The van der Waals surface area contributed by atoms with Crippen molar-refractivity contribution in [3.8, 4) is 0 Å². The molecule has 2 bridgehead atoms. The number of piperidine rings is 1. The molecule has 2 aromatic heterocycles. The van der Waals surface area contributed by atoms with E-state index in [4.69, 9.17) is 4.98 Å². The summed E-state index contributed by atoms with van der Waals surface area (Å²) in [7, 11) is 0. The predicted octanol–water partition coefficient (Wildman–Crippen LogP) is 3.43. The molecule has 3 unspecified atom stereocenters. The van der Waals surface area contributed by atoms with E-state index in [0.717, 1.165) is 60.2 Å². The van der Waals surface area contributed by atoms with Gasteiger partial charge < -0.3 is 15.5 Å². The van der Waals surface area contributed by atoms with E-state index in [2.05, 4.69) is 44.4 Å². The van der Waals surface area contributed by atoms with Crippen LogP contribution in [-0.2, 0) is 11.2 Å². The zero-order valence-electron chi connectivity index (χ0n) is 20.1. The third kappa shape index (κ3) is 4.68. The van der Waals surface area contributed by atoms with Crippen LogP contribution in [0.25, 0.3) is 10.9 Å². The smallest absolute Gasteiger partial charge is 0.227 e. The molecule has 0 spiro atoms. The van der Waals surface area contributed by atoms with Crippen molar-refractivity contribution >= 4 is 28.4 Å². The highest BCUT2D eigenvalue weighted by Crippen LogP contribution is 2.38. The van der Waals surface area contributed by atoms with Gasteiger partial charge in [-0.05, 0) is 56.7 Å². The number of hydrogen-bond donors (Lipinski definition) is 4. The van der Waals surface area contributed by atoms with Gasteiger partial charge in [0.25, 0.3) is 0 Å². The molecule has 1 aromatic carbocycles. The number of aromatic nitrogens is 2. The van der Waals surface area contributed by atoms with E-state index in [-0.39, 0.29) is 18.1 Å². The number of nitrogens with zero attached hydrogens (tertiary/aromatic N) is 3. The third-order valence-electron chi connectivity index (χ3n) is 7.57. The zero-order valence-corrected chi connectivity index (χ0v) is 20.1. The fourth-order valence-corrected chi connectivity index (χ4v) is 6.00. The lowest BCUT2D eigenvalue weighted by atomic mass is 9.96. The lowest BCUT2D eigenvalue weighted by molar-refractivity contribution is -0.134. The predicted molar refractivity (Wildman–Crippen MR) is 138 cm³/mol. The van der Waals surface area contributed by atoms with Crippen LogP contribution in [0.2, 0.25) is 0 Å². The molecule has 5 atom stereocenters. The van der Waals surface area contributed by atoms with E-state index in [9.17, 15) is 4.79 Å². The van der Waals surface area contributed by atoms with E-state index >= 15 is 0 Å². The lowest BCUT2D eigenvalue weighted by Crippen LogP contribution is -2.50. The summed E-state index contributed by atoms with van der Waals surface area (Å²) >= 11 is 0. The number of pyridine rings is 2. The standard InChI is InChI=1S/C27H33N7O/c1-17-12-25(33-32-17)30-24-16-23-22(8-5-11-28-23)27(31-24)29-19-14-20-9-10-21(15-19)34(20)26(35)13-18-6-3-2-4-7-18/h2-8,11,16-17,19-21,25,32-33H,9-10,12-15H2,1H3,(H2,29,30,31)/t17?,19?,20-,21+,25?. The van der Waals surface area contributed by atoms with Crippen LogP contribution in [0, 0.1) is 0 Å². The highest BCUT2D eigenvalue weighted by molar-refractivity contribution is 5.91. The van der Waals surface area contributed by atoms with E-state index in [0.29, 0.717) is 24.5 Å². The number of carbonyl (C=O) groups excluding carboxylic acids is 1. The molecule has 3 aliphatic rings. The van der Waals surface area contributed by atoms with Crippen molar-refractivity contribution in [2.24, 2.45) is 0 Å². The largest absolute Gasteiger partial charge is 0.367 e. The summed E-state index contributed by atoms with van der Waals surface area (Å²) in [5, 5.41) is 8.27. The third-order valence-corrected chi connectivity index (χ3v) is 7.57. The van der Waals surface area contributed by atoms with Crippen LogP contribution < -0.4 is 21.5 Å². The Labute approximate surface area is 205 Å². The summed E-state index contributed by atoms with van der Waals surface area (Å²) in [6.45, 7) is 2.16. The molecule has 35 heavy (non-hydrogen) atoms. The van der Waals surface area contributed by atoms with Gasteiger partial charge in [-0.25, -0.2) is 10.4 Å². The molecule has 3 saturated heterocycles. The highest BCUT2D eigenvalue weighted by Gasteiger charge is 2.43. The van der Waals surface area contributed by atoms with Crippen molar-refractivity contribution in [3.05, 3.63) is 60.3 Å². The fourth-order valence-electron chi connectivity index (χ4n) is 6.00.